The van der Waals surface area contributed by atoms with Crippen molar-refractivity contribution >= 4 is 24.2 Å². The fraction of sp³-hybridized carbons (Fsp3) is 0.500. The van der Waals surface area contributed by atoms with E-state index in [0.29, 0.717) is 6.07 Å². The van der Waals surface area contributed by atoms with E-state index in [1.807, 2.05) is 0 Å². The third-order valence-electron chi connectivity index (χ3n) is 2.58. The van der Waals surface area contributed by atoms with Crippen LogP contribution in [0.5, 0.6) is 0 Å². The minimum absolute atomic E-state index is 0.186. The first-order valence-electron chi connectivity index (χ1n) is 5.91. The van der Waals surface area contributed by atoms with Crippen molar-refractivity contribution in [1.29, 1.82) is 0 Å². The van der Waals surface area contributed by atoms with Crippen LogP contribution in [-0.2, 0) is 10.0 Å². The monoisotopic (exact) mass is 412 g/mol. The van der Waals surface area contributed by atoms with Crippen molar-refractivity contribution in [2.45, 2.75) is 37.6 Å². The van der Waals surface area contributed by atoms with Crippen LogP contribution in [0.25, 0.3) is 0 Å². The van der Waals surface area contributed by atoms with Crippen LogP contribution in [0.3, 0.4) is 0 Å². The van der Waals surface area contributed by atoms with Crippen molar-refractivity contribution in [3.63, 3.8) is 0 Å². The summed E-state index contributed by atoms with van der Waals surface area (Å²) in [5, 5.41) is 0. The zero-order valence-corrected chi connectivity index (χ0v) is 14.3. The van der Waals surface area contributed by atoms with Gasteiger partial charge in [-0.1, -0.05) is 6.07 Å². The highest BCUT2D eigenvalue weighted by molar-refractivity contribution is 9.10. The highest BCUT2D eigenvalue weighted by atomic mass is 79.9. The molecule has 0 aromatic heterocycles. The van der Waals surface area contributed by atoms with Gasteiger partial charge in [-0.3, -0.25) is 0 Å². The van der Waals surface area contributed by atoms with Crippen molar-refractivity contribution in [3.05, 3.63) is 34.1 Å². The molecule has 0 spiro atoms. The topological polar surface area (TPSA) is 9.23 Å². The first kappa shape index (κ1) is 19.4. The van der Waals surface area contributed by atoms with Crippen molar-refractivity contribution in [3.8, 4) is 0 Å². The Bertz CT molecular complexity index is 534. The van der Waals surface area contributed by atoms with E-state index in [-0.39, 0.29) is 10.5 Å². The second-order valence-electron chi connectivity index (χ2n) is 5.52. The lowest BCUT2D eigenvalue weighted by Gasteiger charge is -2.41. The molecule has 0 saturated heterocycles. The molecule has 0 aliphatic heterocycles. The molecule has 0 radical (unpaired) electrons. The molecule has 1 aromatic carbocycles. The van der Waals surface area contributed by atoms with Gasteiger partial charge in [-0.2, -0.15) is 26.3 Å². The van der Waals surface area contributed by atoms with Crippen LogP contribution in [0, 0.1) is 5.82 Å². The Labute approximate surface area is 131 Å². The average molecular weight is 413 g/mol. The van der Waals surface area contributed by atoms with Gasteiger partial charge in [-0.15, -0.1) is 0 Å². The molecule has 0 aliphatic rings. The number of halogens is 8. The normalized spacial score (nSPS) is 14.3. The molecule has 0 amide bonds. The number of hydrogen-bond donors (Lipinski definition) is 0. The molecule has 0 saturated carbocycles. The Morgan fingerprint density at radius 2 is 1.41 bits per heavy atom. The fourth-order valence-corrected chi connectivity index (χ4v) is 3.35. The molecule has 0 heterocycles. The van der Waals surface area contributed by atoms with Gasteiger partial charge >= 0.3 is 12.4 Å². The summed E-state index contributed by atoms with van der Waals surface area (Å²) < 4.78 is 98.0. The molecule has 1 aromatic rings. The summed E-state index contributed by atoms with van der Waals surface area (Å²) >= 11 is 2.69. The molecule has 0 unspecified atom stereocenters. The highest BCUT2D eigenvalue weighted by Crippen LogP contribution is 2.54. The lowest BCUT2D eigenvalue weighted by atomic mass is 9.92. The minimum atomic E-state index is -5.80. The average Bonchev–Trinajstić information content (AvgIpc) is 2.25. The van der Waals surface area contributed by atoms with Crippen molar-refractivity contribution in [2.75, 3.05) is 0 Å². The Morgan fingerprint density at radius 3 is 1.73 bits per heavy atom. The number of rotatable bonds is 3. The summed E-state index contributed by atoms with van der Waals surface area (Å²) in [7, 11) is -3.30. The third-order valence-corrected chi connectivity index (χ3v) is 4.15. The van der Waals surface area contributed by atoms with Gasteiger partial charge in [-0.25, -0.2) is 4.39 Å². The van der Waals surface area contributed by atoms with E-state index in [0.717, 1.165) is 6.07 Å². The standard InChI is InChI=1S/C12H12BrF7OSi/c1-22(2,3)21-10(11(15,16)17,12(18,19)20)7-4-5-8(13)9(14)6-7/h4-6H,1-3H3. The van der Waals surface area contributed by atoms with Crippen molar-refractivity contribution in [1.82, 2.24) is 0 Å². The predicted octanol–water partition coefficient (Wildman–Crippen LogP) is 5.76. The predicted molar refractivity (Wildman–Crippen MR) is 72.3 cm³/mol. The Balaban J connectivity index is 3.73. The van der Waals surface area contributed by atoms with Gasteiger partial charge in [0, 0.05) is 5.56 Å². The van der Waals surface area contributed by atoms with Gasteiger partial charge in [0.25, 0.3) is 5.60 Å². The number of alkyl halides is 6. The van der Waals surface area contributed by atoms with Gasteiger partial charge < -0.3 is 4.43 Å². The summed E-state index contributed by atoms with van der Waals surface area (Å²) in [4.78, 5) is 0. The lowest BCUT2D eigenvalue weighted by molar-refractivity contribution is -0.368. The van der Waals surface area contributed by atoms with Crippen LogP contribution in [0.15, 0.2) is 22.7 Å². The van der Waals surface area contributed by atoms with Crippen molar-refractivity contribution < 1.29 is 35.2 Å². The molecular weight excluding hydrogens is 401 g/mol. The summed E-state index contributed by atoms with van der Waals surface area (Å²) in [6.07, 6.45) is -11.6. The number of benzene rings is 1. The van der Waals surface area contributed by atoms with E-state index in [4.69, 9.17) is 0 Å². The van der Waals surface area contributed by atoms with Gasteiger partial charge in [0.2, 0.25) is 0 Å². The second kappa shape index (κ2) is 5.79. The molecule has 0 N–H and O–H groups in total. The second-order valence-corrected chi connectivity index (χ2v) is 10.8. The molecule has 0 fully saturated rings. The minimum Gasteiger partial charge on any atom is -0.394 e. The van der Waals surface area contributed by atoms with Gasteiger partial charge in [0.05, 0.1) is 4.47 Å². The number of hydrogen-bond acceptors (Lipinski definition) is 1. The SMILES string of the molecule is C[Si](C)(C)OC(c1ccc(Br)c(F)c1)(C(F)(F)F)C(F)(F)F. The summed E-state index contributed by atoms with van der Waals surface area (Å²) in [6.45, 7) is 3.57. The molecule has 126 valence electrons. The Morgan fingerprint density at radius 1 is 0.955 bits per heavy atom. The van der Waals surface area contributed by atoms with Crippen LogP contribution in [0.4, 0.5) is 30.7 Å². The third kappa shape index (κ3) is 3.65. The largest absolute Gasteiger partial charge is 0.429 e. The maximum Gasteiger partial charge on any atom is 0.429 e. The van der Waals surface area contributed by atoms with Gasteiger partial charge in [0.1, 0.15) is 5.82 Å². The zero-order valence-electron chi connectivity index (χ0n) is 11.7. The zero-order chi connectivity index (χ0) is 17.6. The molecular formula is C12H12BrF7OSi. The van der Waals surface area contributed by atoms with Crippen LogP contribution in [0.2, 0.25) is 19.6 Å². The first-order valence-corrected chi connectivity index (χ1v) is 10.1. The van der Waals surface area contributed by atoms with Crippen LogP contribution >= 0.6 is 15.9 Å². The molecule has 1 rings (SSSR count). The van der Waals surface area contributed by atoms with Crippen LogP contribution in [-0.4, -0.2) is 20.7 Å². The Hall–Kier alpha value is -0.613. The smallest absolute Gasteiger partial charge is 0.394 e. The molecule has 1 nitrogen and oxygen atoms in total. The van der Waals surface area contributed by atoms with Crippen LogP contribution < -0.4 is 0 Å². The van der Waals surface area contributed by atoms with E-state index < -0.39 is 37.7 Å². The fourth-order valence-electron chi connectivity index (χ4n) is 1.84. The van der Waals surface area contributed by atoms with E-state index in [9.17, 15) is 30.7 Å². The summed E-state index contributed by atoms with van der Waals surface area (Å²) in [5.41, 5.74) is -5.90. The molecule has 10 heteroatoms. The van der Waals surface area contributed by atoms with Crippen LogP contribution in [0.1, 0.15) is 5.56 Å². The lowest BCUT2D eigenvalue weighted by Crippen LogP contribution is -2.59. The quantitative estimate of drug-likeness (QED) is 0.452. The summed E-state index contributed by atoms with van der Waals surface area (Å²) in [5.74, 6) is -1.24. The maximum atomic E-state index is 13.5. The first-order chi connectivity index (χ1) is 9.62. The van der Waals surface area contributed by atoms with E-state index in [2.05, 4.69) is 20.4 Å². The van der Waals surface area contributed by atoms with Crippen molar-refractivity contribution in [2.24, 2.45) is 0 Å². The molecule has 0 aliphatic carbocycles. The Kier molecular flexibility index (Phi) is 5.11. The summed E-state index contributed by atoms with van der Waals surface area (Å²) in [6, 6.07) is 1.52. The van der Waals surface area contributed by atoms with Gasteiger partial charge in [0.15, 0.2) is 8.32 Å². The maximum absolute atomic E-state index is 13.5. The van der Waals surface area contributed by atoms with E-state index in [1.54, 1.807) is 0 Å². The van der Waals surface area contributed by atoms with E-state index in [1.165, 1.54) is 19.6 Å². The highest BCUT2D eigenvalue weighted by Gasteiger charge is 2.74. The molecule has 0 atom stereocenters. The molecule has 22 heavy (non-hydrogen) atoms. The van der Waals surface area contributed by atoms with E-state index >= 15 is 0 Å². The molecule has 0 bridgehead atoms. The van der Waals surface area contributed by atoms with Gasteiger partial charge in [-0.05, 0) is 47.7 Å².